The molecule has 0 unspecified atom stereocenters. The van der Waals surface area contributed by atoms with Crippen LogP contribution in [0.2, 0.25) is 5.02 Å². The summed E-state index contributed by atoms with van der Waals surface area (Å²) < 4.78 is 5.36. The summed E-state index contributed by atoms with van der Waals surface area (Å²) in [6.45, 7) is 5.77. The number of amides is 1. The fourth-order valence-corrected chi connectivity index (χ4v) is 3.31. The molecule has 1 aliphatic rings. The molecule has 2 aromatic rings. The third kappa shape index (κ3) is 4.25. The zero-order valence-electron chi connectivity index (χ0n) is 16.1. The fraction of sp³-hybridized carbons (Fsp3) is 0.318. The summed E-state index contributed by atoms with van der Waals surface area (Å²) in [5.41, 5.74) is 3.41. The van der Waals surface area contributed by atoms with Crippen LogP contribution in [0.25, 0.3) is 0 Å². The average molecular weight is 400 g/mol. The Kier molecular flexibility index (Phi) is 5.84. The molecule has 0 radical (unpaired) electrons. The van der Waals surface area contributed by atoms with E-state index in [0.717, 1.165) is 16.8 Å². The molecule has 1 aliphatic heterocycles. The maximum Gasteiger partial charge on any atom is 0.312 e. The van der Waals surface area contributed by atoms with Crippen molar-refractivity contribution in [1.29, 1.82) is 0 Å². The molecular formula is C22H22ClNO4. The molecule has 28 heavy (non-hydrogen) atoms. The molecule has 0 N–H and O–H groups in total. The lowest BCUT2D eigenvalue weighted by atomic mass is 10.1. The molecule has 146 valence electrons. The lowest BCUT2D eigenvalue weighted by Crippen LogP contribution is -2.30. The molecule has 0 bridgehead atoms. The number of nitrogens with zero attached hydrogens (tertiary/aromatic N) is 1. The SMILES string of the molecule is Cc1ccc(N2C[C@H](C(=O)O[C@H](C)C(=O)c3ccc(Cl)cc3)CC2=O)cc1C. The summed E-state index contributed by atoms with van der Waals surface area (Å²) in [5.74, 6) is -1.55. The van der Waals surface area contributed by atoms with Gasteiger partial charge in [0.2, 0.25) is 11.7 Å². The molecular weight excluding hydrogens is 378 g/mol. The van der Waals surface area contributed by atoms with Crippen molar-refractivity contribution in [2.75, 3.05) is 11.4 Å². The zero-order chi connectivity index (χ0) is 20.4. The number of ether oxygens (including phenoxy) is 1. The number of carbonyl (C=O) groups excluding carboxylic acids is 3. The van der Waals surface area contributed by atoms with E-state index in [4.69, 9.17) is 16.3 Å². The van der Waals surface area contributed by atoms with E-state index in [1.807, 2.05) is 32.0 Å². The van der Waals surface area contributed by atoms with Crippen LogP contribution in [0, 0.1) is 19.8 Å². The Morgan fingerprint density at radius 3 is 2.43 bits per heavy atom. The standard InChI is InChI=1S/C22H22ClNO4/c1-13-4-9-19(10-14(13)2)24-12-17(11-20(24)25)22(27)28-15(3)21(26)16-5-7-18(23)8-6-16/h4-10,15,17H,11-12H2,1-3H3/t15-,17-/m1/s1. The van der Waals surface area contributed by atoms with E-state index < -0.39 is 18.0 Å². The molecule has 1 amide bonds. The van der Waals surface area contributed by atoms with Crippen molar-refractivity contribution in [1.82, 2.24) is 0 Å². The van der Waals surface area contributed by atoms with Crippen LogP contribution in [-0.2, 0) is 14.3 Å². The zero-order valence-corrected chi connectivity index (χ0v) is 16.8. The molecule has 0 spiro atoms. The highest BCUT2D eigenvalue weighted by Gasteiger charge is 2.37. The maximum absolute atomic E-state index is 12.5. The largest absolute Gasteiger partial charge is 0.454 e. The van der Waals surface area contributed by atoms with E-state index in [-0.39, 0.29) is 24.7 Å². The number of benzene rings is 2. The van der Waals surface area contributed by atoms with Gasteiger partial charge in [-0.05, 0) is 68.3 Å². The molecule has 5 nitrogen and oxygen atoms in total. The number of ketones is 1. The van der Waals surface area contributed by atoms with Gasteiger partial charge in [-0.15, -0.1) is 0 Å². The number of anilines is 1. The van der Waals surface area contributed by atoms with E-state index in [1.54, 1.807) is 29.2 Å². The maximum atomic E-state index is 12.5. The highest BCUT2D eigenvalue weighted by Crippen LogP contribution is 2.28. The van der Waals surface area contributed by atoms with Crippen molar-refractivity contribution in [3.63, 3.8) is 0 Å². The summed E-state index contributed by atoms with van der Waals surface area (Å²) in [4.78, 5) is 38.9. The molecule has 3 rings (SSSR count). The Morgan fingerprint density at radius 2 is 1.79 bits per heavy atom. The first-order valence-corrected chi connectivity index (χ1v) is 9.52. The van der Waals surface area contributed by atoms with Gasteiger partial charge < -0.3 is 9.64 Å². The van der Waals surface area contributed by atoms with Crippen molar-refractivity contribution in [3.05, 3.63) is 64.2 Å². The molecule has 1 fully saturated rings. The van der Waals surface area contributed by atoms with E-state index >= 15 is 0 Å². The number of hydrogen-bond donors (Lipinski definition) is 0. The highest BCUT2D eigenvalue weighted by atomic mass is 35.5. The van der Waals surface area contributed by atoms with Gasteiger partial charge in [-0.1, -0.05) is 17.7 Å². The van der Waals surface area contributed by atoms with Crippen LogP contribution in [0.5, 0.6) is 0 Å². The minimum Gasteiger partial charge on any atom is -0.454 e. The van der Waals surface area contributed by atoms with Gasteiger partial charge in [-0.2, -0.15) is 0 Å². The van der Waals surface area contributed by atoms with Crippen LogP contribution in [0.3, 0.4) is 0 Å². The van der Waals surface area contributed by atoms with Gasteiger partial charge in [0, 0.05) is 29.2 Å². The summed E-state index contributed by atoms with van der Waals surface area (Å²) in [6.07, 6.45) is -0.854. The Bertz CT molecular complexity index is 923. The van der Waals surface area contributed by atoms with E-state index in [1.165, 1.54) is 6.92 Å². The van der Waals surface area contributed by atoms with Crippen molar-refractivity contribution in [2.24, 2.45) is 5.92 Å². The minimum absolute atomic E-state index is 0.0770. The van der Waals surface area contributed by atoms with Crippen LogP contribution < -0.4 is 4.90 Å². The summed E-state index contributed by atoms with van der Waals surface area (Å²) in [5, 5.41) is 0.525. The topological polar surface area (TPSA) is 63.7 Å². The number of Topliss-reactive ketones (excluding diaryl/α,β-unsaturated/α-hetero) is 1. The molecule has 0 aromatic heterocycles. The van der Waals surface area contributed by atoms with Gasteiger partial charge in [0.05, 0.1) is 5.92 Å². The van der Waals surface area contributed by atoms with Gasteiger partial charge in [-0.3, -0.25) is 14.4 Å². The molecule has 6 heteroatoms. The van der Waals surface area contributed by atoms with Crippen molar-refractivity contribution >= 4 is 34.9 Å². The molecule has 2 aromatic carbocycles. The van der Waals surface area contributed by atoms with Crippen LogP contribution in [0.1, 0.15) is 34.8 Å². The molecule has 0 saturated carbocycles. The van der Waals surface area contributed by atoms with Gasteiger partial charge in [0.15, 0.2) is 6.10 Å². The number of esters is 1. The van der Waals surface area contributed by atoms with Crippen LogP contribution in [-0.4, -0.2) is 30.3 Å². The van der Waals surface area contributed by atoms with Gasteiger partial charge in [-0.25, -0.2) is 0 Å². The second-order valence-electron chi connectivity index (χ2n) is 7.12. The third-order valence-corrected chi connectivity index (χ3v) is 5.30. The number of hydrogen-bond acceptors (Lipinski definition) is 4. The van der Waals surface area contributed by atoms with Gasteiger partial charge in [0.1, 0.15) is 0 Å². The van der Waals surface area contributed by atoms with E-state index in [9.17, 15) is 14.4 Å². The normalized spacial score (nSPS) is 17.5. The van der Waals surface area contributed by atoms with E-state index in [2.05, 4.69) is 0 Å². The van der Waals surface area contributed by atoms with Gasteiger partial charge in [0.25, 0.3) is 0 Å². The molecule has 1 heterocycles. The average Bonchev–Trinajstić information content (AvgIpc) is 3.06. The smallest absolute Gasteiger partial charge is 0.312 e. The first kappa shape index (κ1) is 20.1. The number of carbonyl (C=O) groups is 3. The van der Waals surface area contributed by atoms with E-state index in [0.29, 0.717) is 10.6 Å². The van der Waals surface area contributed by atoms with Crippen molar-refractivity contribution in [3.8, 4) is 0 Å². The quantitative estimate of drug-likeness (QED) is 0.560. The Morgan fingerprint density at radius 1 is 1.11 bits per heavy atom. The number of halogens is 1. The van der Waals surface area contributed by atoms with Crippen LogP contribution in [0.15, 0.2) is 42.5 Å². The Balaban J connectivity index is 1.64. The second kappa shape index (κ2) is 8.15. The lowest BCUT2D eigenvalue weighted by molar-refractivity contribution is -0.151. The van der Waals surface area contributed by atoms with Crippen molar-refractivity contribution in [2.45, 2.75) is 33.3 Å². The highest BCUT2D eigenvalue weighted by molar-refractivity contribution is 6.30. The predicted molar refractivity (Wildman–Crippen MR) is 108 cm³/mol. The lowest BCUT2D eigenvalue weighted by Gasteiger charge is -2.18. The first-order chi connectivity index (χ1) is 13.3. The van der Waals surface area contributed by atoms with Crippen LogP contribution in [0.4, 0.5) is 5.69 Å². The number of rotatable bonds is 5. The van der Waals surface area contributed by atoms with Gasteiger partial charge >= 0.3 is 5.97 Å². The summed E-state index contributed by atoms with van der Waals surface area (Å²) in [7, 11) is 0. The third-order valence-electron chi connectivity index (χ3n) is 5.05. The van der Waals surface area contributed by atoms with Crippen molar-refractivity contribution < 1.29 is 19.1 Å². The predicted octanol–water partition coefficient (Wildman–Crippen LogP) is 4.12. The second-order valence-corrected chi connectivity index (χ2v) is 7.56. The molecule has 0 aliphatic carbocycles. The summed E-state index contributed by atoms with van der Waals surface area (Å²) in [6, 6.07) is 12.2. The summed E-state index contributed by atoms with van der Waals surface area (Å²) >= 11 is 5.83. The fourth-order valence-electron chi connectivity index (χ4n) is 3.18. The first-order valence-electron chi connectivity index (χ1n) is 9.14. The number of aryl methyl sites for hydroxylation is 2. The van der Waals surface area contributed by atoms with Crippen LogP contribution >= 0.6 is 11.6 Å². The molecule has 1 saturated heterocycles. The Labute approximate surface area is 169 Å². The minimum atomic E-state index is -0.931. The molecule has 2 atom stereocenters. The monoisotopic (exact) mass is 399 g/mol. The Hall–Kier alpha value is -2.66.